The Labute approximate surface area is 157 Å². The number of rotatable bonds is 5. The molecule has 8 heteroatoms. The van der Waals surface area contributed by atoms with Crippen molar-refractivity contribution in [3.05, 3.63) is 56.6 Å². The van der Waals surface area contributed by atoms with Crippen molar-refractivity contribution >= 4 is 44.7 Å². The van der Waals surface area contributed by atoms with Gasteiger partial charge in [0, 0.05) is 17.5 Å². The second-order valence-corrected chi connectivity index (χ2v) is 8.08. The van der Waals surface area contributed by atoms with Crippen LogP contribution in [0.2, 0.25) is 0 Å². The van der Waals surface area contributed by atoms with Gasteiger partial charge in [-0.2, -0.15) is 0 Å². The zero-order valence-corrected chi connectivity index (χ0v) is 16.0. The number of fused-ring (bicyclic) bond motifs is 1. The van der Waals surface area contributed by atoms with Gasteiger partial charge in [-0.25, -0.2) is 4.98 Å². The van der Waals surface area contributed by atoms with E-state index in [2.05, 4.69) is 31.8 Å². The molecule has 0 atom stereocenters. The fourth-order valence-corrected chi connectivity index (χ4v) is 4.07. The quantitative estimate of drug-likeness (QED) is 0.621. The van der Waals surface area contributed by atoms with Crippen molar-refractivity contribution in [2.24, 2.45) is 0 Å². The van der Waals surface area contributed by atoms with Crippen LogP contribution in [0.4, 0.5) is 0 Å². The van der Waals surface area contributed by atoms with Gasteiger partial charge < -0.3 is 0 Å². The predicted molar refractivity (Wildman–Crippen MR) is 100 cm³/mol. The fraction of sp³-hybridized carbons (Fsp3) is 0.235. The largest absolute Gasteiger partial charge is 0.295 e. The molecule has 0 saturated heterocycles. The van der Waals surface area contributed by atoms with Crippen LogP contribution in [-0.2, 0) is 11.2 Å². The molecule has 2 amide bonds. The van der Waals surface area contributed by atoms with Gasteiger partial charge in [-0.1, -0.05) is 6.07 Å². The van der Waals surface area contributed by atoms with Gasteiger partial charge in [0.1, 0.15) is 11.3 Å². The third-order valence-corrected chi connectivity index (χ3v) is 5.37. The number of aromatic nitrogens is 2. The van der Waals surface area contributed by atoms with Gasteiger partial charge in [0.05, 0.1) is 9.48 Å². The van der Waals surface area contributed by atoms with Gasteiger partial charge in [-0.15, -0.1) is 11.3 Å². The molecule has 3 aromatic rings. The molecule has 3 heterocycles. The van der Waals surface area contributed by atoms with Crippen LogP contribution >= 0.6 is 27.3 Å². The van der Waals surface area contributed by atoms with Crippen LogP contribution in [0.5, 0.6) is 0 Å². The molecule has 6 nitrogen and oxygen atoms in total. The maximum atomic E-state index is 12.4. The number of carbonyl (C=O) groups excluding carboxylic acids is 2. The van der Waals surface area contributed by atoms with Gasteiger partial charge in [0.2, 0.25) is 5.91 Å². The number of carbonyl (C=O) groups is 2. The van der Waals surface area contributed by atoms with E-state index in [-0.39, 0.29) is 11.8 Å². The maximum absolute atomic E-state index is 12.4. The molecule has 0 radical (unpaired) electrons. The Balaban J connectivity index is 1.51. The van der Waals surface area contributed by atoms with E-state index in [1.807, 2.05) is 30.3 Å². The first kappa shape index (κ1) is 17.6. The standard InChI is InChI=1S/C17H17BrN4O2S/c1-11-16(22-10-3-2-6-14(22)19-11)17(24)21-20-15(23)7-4-5-12-8-9-13(18)25-12/h2-3,6,8-10H,4-5,7H2,1H3,(H,20,23)(H,21,24). The number of nitrogens with zero attached hydrogens (tertiary/aromatic N) is 2. The first-order valence-corrected chi connectivity index (χ1v) is 9.42. The third kappa shape index (κ3) is 4.26. The summed E-state index contributed by atoms with van der Waals surface area (Å²) in [6, 6.07) is 9.55. The molecule has 0 aliphatic heterocycles. The second kappa shape index (κ2) is 7.79. The van der Waals surface area contributed by atoms with Crippen molar-refractivity contribution in [3.8, 4) is 0 Å². The van der Waals surface area contributed by atoms with E-state index in [0.29, 0.717) is 23.5 Å². The highest BCUT2D eigenvalue weighted by Gasteiger charge is 2.16. The molecule has 0 fully saturated rings. The molecule has 3 aromatic heterocycles. The number of nitrogens with one attached hydrogen (secondary N) is 2. The number of imidazole rings is 1. The number of halogens is 1. The van der Waals surface area contributed by atoms with Crippen LogP contribution in [0, 0.1) is 6.92 Å². The summed E-state index contributed by atoms with van der Waals surface area (Å²) < 4.78 is 2.79. The molecule has 130 valence electrons. The first-order chi connectivity index (χ1) is 12.0. The van der Waals surface area contributed by atoms with E-state index in [4.69, 9.17) is 0 Å². The summed E-state index contributed by atoms with van der Waals surface area (Å²) >= 11 is 5.08. The van der Waals surface area contributed by atoms with Crippen molar-refractivity contribution in [3.63, 3.8) is 0 Å². The topological polar surface area (TPSA) is 75.5 Å². The SMILES string of the molecule is Cc1nc2ccccn2c1C(=O)NNC(=O)CCCc1ccc(Br)s1. The normalized spacial score (nSPS) is 10.8. The minimum atomic E-state index is -0.383. The van der Waals surface area contributed by atoms with E-state index < -0.39 is 0 Å². The van der Waals surface area contributed by atoms with Crippen LogP contribution < -0.4 is 10.9 Å². The Hall–Kier alpha value is -2.19. The molecule has 0 unspecified atom stereocenters. The molecule has 0 spiro atoms. The summed E-state index contributed by atoms with van der Waals surface area (Å²) in [5, 5.41) is 0. The van der Waals surface area contributed by atoms with Crippen molar-refractivity contribution in [1.29, 1.82) is 0 Å². The molecule has 0 aliphatic carbocycles. The van der Waals surface area contributed by atoms with E-state index >= 15 is 0 Å². The van der Waals surface area contributed by atoms with E-state index in [0.717, 1.165) is 16.6 Å². The number of hydrogen-bond donors (Lipinski definition) is 2. The van der Waals surface area contributed by atoms with E-state index in [1.165, 1.54) is 4.88 Å². The van der Waals surface area contributed by atoms with Crippen molar-refractivity contribution in [2.75, 3.05) is 0 Å². The van der Waals surface area contributed by atoms with Gasteiger partial charge in [-0.05, 0) is 60.0 Å². The monoisotopic (exact) mass is 420 g/mol. The highest BCUT2D eigenvalue weighted by atomic mass is 79.9. The van der Waals surface area contributed by atoms with Crippen molar-refractivity contribution < 1.29 is 9.59 Å². The number of pyridine rings is 1. The van der Waals surface area contributed by atoms with Gasteiger partial charge in [-0.3, -0.25) is 24.8 Å². The molecule has 3 rings (SSSR count). The zero-order valence-electron chi connectivity index (χ0n) is 13.6. The van der Waals surface area contributed by atoms with Crippen LogP contribution in [0.3, 0.4) is 0 Å². The lowest BCUT2D eigenvalue weighted by Gasteiger charge is -2.07. The number of thiophene rings is 1. The van der Waals surface area contributed by atoms with Crippen LogP contribution in [0.15, 0.2) is 40.3 Å². The first-order valence-electron chi connectivity index (χ1n) is 7.81. The lowest BCUT2D eigenvalue weighted by Crippen LogP contribution is -2.42. The highest BCUT2D eigenvalue weighted by molar-refractivity contribution is 9.11. The summed E-state index contributed by atoms with van der Waals surface area (Å²) in [5.41, 5.74) is 6.66. The van der Waals surface area contributed by atoms with Crippen molar-refractivity contribution in [2.45, 2.75) is 26.2 Å². The smallest absolute Gasteiger partial charge is 0.288 e. The Bertz CT molecular complexity index is 918. The predicted octanol–water partition coefficient (Wildman–Crippen LogP) is 3.25. The molecule has 0 aliphatic rings. The molecular weight excluding hydrogens is 404 g/mol. The average molecular weight is 421 g/mol. The molecular formula is C17H17BrN4O2S. The van der Waals surface area contributed by atoms with Gasteiger partial charge in [0.15, 0.2) is 0 Å². The summed E-state index contributed by atoms with van der Waals surface area (Å²) in [5.74, 6) is -0.595. The molecule has 0 bridgehead atoms. The Kier molecular flexibility index (Phi) is 5.50. The molecule has 25 heavy (non-hydrogen) atoms. The van der Waals surface area contributed by atoms with E-state index in [1.54, 1.807) is 28.9 Å². The van der Waals surface area contributed by atoms with Gasteiger partial charge >= 0.3 is 0 Å². The number of aryl methyl sites for hydroxylation is 2. The summed E-state index contributed by atoms with van der Waals surface area (Å²) in [7, 11) is 0. The Morgan fingerprint density at radius 3 is 2.84 bits per heavy atom. The summed E-state index contributed by atoms with van der Waals surface area (Å²) in [6.45, 7) is 1.77. The van der Waals surface area contributed by atoms with Crippen LogP contribution in [0.1, 0.15) is 33.9 Å². The summed E-state index contributed by atoms with van der Waals surface area (Å²) in [4.78, 5) is 29.8. The second-order valence-electron chi connectivity index (χ2n) is 5.54. The molecule has 0 saturated carbocycles. The number of hydrazine groups is 1. The Morgan fingerprint density at radius 1 is 1.24 bits per heavy atom. The lowest BCUT2D eigenvalue weighted by molar-refractivity contribution is -0.121. The van der Waals surface area contributed by atoms with Crippen LogP contribution in [0.25, 0.3) is 5.65 Å². The lowest BCUT2D eigenvalue weighted by atomic mass is 10.2. The average Bonchev–Trinajstić information content (AvgIpc) is 3.14. The minimum Gasteiger partial charge on any atom is -0.295 e. The number of hydrogen-bond acceptors (Lipinski definition) is 4. The van der Waals surface area contributed by atoms with Crippen LogP contribution in [-0.4, -0.2) is 21.2 Å². The number of amides is 2. The van der Waals surface area contributed by atoms with Gasteiger partial charge in [0.25, 0.3) is 5.91 Å². The molecule has 2 N–H and O–H groups in total. The third-order valence-electron chi connectivity index (χ3n) is 3.69. The molecule has 0 aromatic carbocycles. The Morgan fingerprint density at radius 2 is 2.08 bits per heavy atom. The van der Waals surface area contributed by atoms with E-state index in [9.17, 15) is 9.59 Å². The minimum absolute atomic E-state index is 0.213. The fourth-order valence-electron chi connectivity index (χ4n) is 2.54. The zero-order chi connectivity index (χ0) is 17.8. The highest BCUT2D eigenvalue weighted by Crippen LogP contribution is 2.23. The summed E-state index contributed by atoms with van der Waals surface area (Å²) in [6.07, 6.45) is 3.68. The van der Waals surface area contributed by atoms with Crippen molar-refractivity contribution in [1.82, 2.24) is 20.2 Å². The maximum Gasteiger partial charge on any atom is 0.288 e.